The lowest BCUT2D eigenvalue weighted by molar-refractivity contribution is -0.138. The van der Waals surface area contributed by atoms with E-state index in [0.29, 0.717) is 31.5 Å². The highest BCUT2D eigenvalue weighted by Crippen LogP contribution is 2.25. The maximum Gasteiger partial charge on any atom is 0.278 e. The Labute approximate surface area is 129 Å². The summed E-state index contributed by atoms with van der Waals surface area (Å²) in [4.78, 5) is 22.6. The van der Waals surface area contributed by atoms with Crippen molar-refractivity contribution in [3.63, 3.8) is 0 Å². The van der Waals surface area contributed by atoms with Gasteiger partial charge in [-0.1, -0.05) is 0 Å². The fourth-order valence-corrected chi connectivity index (χ4v) is 2.91. The number of ether oxygens (including phenoxy) is 3. The van der Waals surface area contributed by atoms with Crippen LogP contribution in [0.15, 0.2) is 12.4 Å². The van der Waals surface area contributed by atoms with Gasteiger partial charge < -0.3 is 19.1 Å². The number of amides is 1. The molecule has 0 bridgehead atoms. The van der Waals surface area contributed by atoms with Crippen LogP contribution in [0.3, 0.4) is 0 Å². The molecule has 120 valence electrons. The van der Waals surface area contributed by atoms with Crippen LogP contribution in [-0.4, -0.2) is 60.3 Å². The number of likely N-dealkylation sites (tertiary alicyclic amines) is 1. The Kier molecular flexibility index (Phi) is 4.72. The highest BCUT2D eigenvalue weighted by Gasteiger charge is 2.32. The maximum atomic E-state index is 12.5. The lowest BCUT2D eigenvalue weighted by atomic mass is 10.0. The lowest BCUT2D eigenvalue weighted by Crippen LogP contribution is -2.46. The molecule has 7 nitrogen and oxygen atoms in total. The number of rotatable bonds is 4. The van der Waals surface area contributed by atoms with Crippen molar-refractivity contribution in [2.24, 2.45) is 5.92 Å². The summed E-state index contributed by atoms with van der Waals surface area (Å²) in [5.41, 5.74) is 0. The molecule has 0 unspecified atom stereocenters. The molecule has 0 aliphatic carbocycles. The minimum Gasteiger partial charge on any atom is -0.477 e. The number of nitrogens with zero attached hydrogens (tertiary/aromatic N) is 3. The molecule has 1 amide bonds. The molecule has 2 atom stereocenters. The van der Waals surface area contributed by atoms with E-state index in [9.17, 15) is 4.79 Å². The number of carbonyl (C=O) groups excluding carboxylic acids is 1. The second-order valence-corrected chi connectivity index (χ2v) is 5.60. The van der Waals surface area contributed by atoms with Crippen molar-refractivity contribution in [1.82, 2.24) is 14.9 Å². The predicted molar refractivity (Wildman–Crippen MR) is 77.7 cm³/mol. The first-order valence-electron chi connectivity index (χ1n) is 7.66. The Morgan fingerprint density at radius 3 is 2.86 bits per heavy atom. The first-order valence-corrected chi connectivity index (χ1v) is 7.66. The molecule has 0 N–H and O–H groups in total. The summed E-state index contributed by atoms with van der Waals surface area (Å²) < 4.78 is 16.4. The number of hydrogen-bond acceptors (Lipinski definition) is 6. The first kappa shape index (κ1) is 15.0. The van der Waals surface area contributed by atoms with Gasteiger partial charge in [-0.2, -0.15) is 0 Å². The molecule has 22 heavy (non-hydrogen) atoms. The van der Waals surface area contributed by atoms with Crippen molar-refractivity contribution in [3.8, 4) is 11.8 Å². The predicted octanol–water partition coefficient (Wildman–Crippen LogP) is 0.891. The molecule has 2 aliphatic heterocycles. The SMILES string of the molecule is COc1nccnc1O[C@@H]1CCCN(C(=O)[C@@H]2CCOC2)C1. The van der Waals surface area contributed by atoms with Gasteiger partial charge in [0, 0.05) is 25.5 Å². The molecule has 0 spiro atoms. The van der Waals surface area contributed by atoms with Crippen molar-refractivity contribution in [2.75, 3.05) is 33.4 Å². The Hall–Kier alpha value is -1.89. The lowest BCUT2D eigenvalue weighted by Gasteiger charge is -2.34. The van der Waals surface area contributed by atoms with Gasteiger partial charge >= 0.3 is 0 Å². The van der Waals surface area contributed by atoms with Crippen molar-refractivity contribution in [3.05, 3.63) is 12.4 Å². The van der Waals surface area contributed by atoms with Crippen molar-refractivity contribution in [1.29, 1.82) is 0 Å². The molecule has 2 saturated heterocycles. The molecule has 1 aromatic heterocycles. The van der Waals surface area contributed by atoms with Crippen molar-refractivity contribution < 1.29 is 19.0 Å². The quantitative estimate of drug-likeness (QED) is 0.822. The van der Waals surface area contributed by atoms with E-state index in [1.54, 1.807) is 12.4 Å². The highest BCUT2D eigenvalue weighted by atomic mass is 16.5. The largest absolute Gasteiger partial charge is 0.477 e. The Morgan fingerprint density at radius 2 is 2.14 bits per heavy atom. The fraction of sp³-hybridized carbons (Fsp3) is 0.667. The van der Waals surface area contributed by atoms with Crippen LogP contribution in [0, 0.1) is 5.92 Å². The summed E-state index contributed by atoms with van der Waals surface area (Å²) in [6.07, 6.45) is 5.68. The number of aromatic nitrogens is 2. The molecule has 7 heteroatoms. The molecule has 2 fully saturated rings. The molecule has 3 heterocycles. The standard InChI is InChI=1S/C15H21N3O4/c1-20-13-14(17-6-5-16-13)22-12-3-2-7-18(9-12)15(19)11-4-8-21-10-11/h5-6,11-12H,2-4,7-10H2,1H3/t11-,12-/m1/s1. The number of methoxy groups -OCH3 is 1. The summed E-state index contributed by atoms with van der Waals surface area (Å²) in [5.74, 6) is 0.936. The molecule has 1 aromatic rings. The summed E-state index contributed by atoms with van der Waals surface area (Å²) in [6.45, 7) is 2.58. The second-order valence-electron chi connectivity index (χ2n) is 5.60. The van der Waals surface area contributed by atoms with Gasteiger partial charge in [0.05, 0.1) is 26.2 Å². The molecule has 2 aliphatic rings. The first-order chi connectivity index (χ1) is 10.8. The zero-order chi connectivity index (χ0) is 15.4. The molecule has 0 aromatic carbocycles. The van der Waals surface area contributed by atoms with Gasteiger partial charge in [-0.25, -0.2) is 9.97 Å². The van der Waals surface area contributed by atoms with Crippen LogP contribution in [-0.2, 0) is 9.53 Å². The number of hydrogen-bond donors (Lipinski definition) is 0. The monoisotopic (exact) mass is 307 g/mol. The van der Waals surface area contributed by atoms with Gasteiger partial charge in [-0.3, -0.25) is 4.79 Å². The van der Waals surface area contributed by atoms with Crippen LogP contribution in [0.1, 0.15) is 19.3 Å². The summed E-state index contributed by atoms with van der Waals surface area (Å²) >= 11 is 0. The molecular weight excluding hydrogens is 286 g/mol. The van der Waals surface area contributed by atoms with E-state index in [1.807, 2.05) is 4.90 Å². The summed E-state index contributed by atoms with van der Waals surface area (Å²) in [5, 5.41) is 0. The molecule has 0 radical (unpaired) electrons. The van der Waals surface area contributed by atoms with E-state index in [0.717, 1.165) is 25.8 Å². The average Bonchev–Trinajstić information content (AvgIpc) is 3.09. The zero-order valence-electron chi connectivity index (χ0n) is 12.7. The third kappa shape index (κ3) is 3.30. The van der Waals surface area contributed by atoms with Crippen LogP contribution in [0.25, 0.3) is 0 Å². The van der Waals surface area contributed by atoms with E-state index in [1.165, 1.54) is 7.11 Å². The summed E-state index contributed by atoms with van der Waals surface area (Å²) in [7, 11) is 1.54. The van der Waals surface area contributed by atoms with Crippen molar-refractivity contribution in [2.45, 2.75) is 25.4 Å². The van der Waals surface area contributed by atoms with E-state index < -0.39 is 0 Å². The third-order valence-electron chi connectivity index (χ3n) is 4.07. The van der Waals surface area contributed by atoms with Gasteiger partial charge in [-0.05, 0) is 19.3 Å². The summed E-state index contributed by atoms with van der Waals surface area (Å²) in [6, 6.07) is 0. The number of piperidine rings is 1. The minimum atomic E-state index is -0.0781. The van der Waals surface area contributed by atoms with Crippen LogP contribution >= 0.6 is 0 Å². The Balaban J connectivity index is 1.61. The zero-order valence-corrected chi connectivity index (χ0v) is 12.7. The molecular formula is C15H21N3O4. The van der Waals surface area contributed by atoms with Crippen molar-refractivity contribution >= 4 is 5.91 Å². The van der Waals surface area contributed by atoms with Crippen LogP contribution in [0.5, 0.6) is 11.8 Å². The maximum absolute atomic E-state index is 12.5. The topological polar surface area (TPSA) is 73.8 Å². The van der Waals surface area contributed by atoms with Crippen LogP contribution in [0.2, 0.25) is 0 Å². The second kappa shape index (κ2) is 6.91. The smallest absolute Gasteiger partial charge is 0.278 e. The Bertz CT molecular complexity index is 519. The average molecular weight is 307 g/mol. The fourth-order valence-electron chi connectivity index (χ4n) is 2.91. The van der Waals surface area contributed by atoms with Crippen LogP contribution < -0.4 is 9.47 Å². The van der Waals surface area contributed by atoms with E-state index in [-0.39, 0.29) is 17.9 Å². The third-order valence-corrected chi connectivity index (χ3v) is 4.07. The Morgan fingerprint density at radius 1 is 1.32 bits per heavy atom. The van der Waals surface area contributed by atoms with Gasteiger partial charge in [-0.15, -0.1) is 0 Å². The van der Waals surface area contributed by atoms with E-state index >= 15 is 0 Å². The van der Waals surface area contributed by atoms with Gasteiger partial charge in [0.1, 0.15) is 6.10 Å². The van der Waals surface area contributed by atoms with E-state index in [2.05, 4.69) is 9.97 Å². The highest BCUT2D eigenvalue weighted by molar-refractivity contribution is 5.79. The minimum absolute atomic E-state index is 0.00445. The normalized spacial score (nSPS) is 25.0. The van der Waals surface area contributed by atoms with Gasteiger partial charge in [0.25, 0.3) is 11.8 Å². The molecule has 3 rings (SSSR count). The van der Waals surface area contributed by atoms with Gasteiger partial charge in [0.2, 0.25) is 5.91 Å². The number of carbonyl (C=O) groups is 1. The molecule has 0 saturated carbocycles. The van der Waals surface area contributed by atoms with Crippen LogP contribution in [0.4, 0.5) is 0 Å². The van der Waals surface area contributed by atoms with Gasteiger partial charge in [0.15, 0.2) is 0 Å². The van der Waals surface area contributed by atoms with E-state index in [4.69, 9.17) is 14.2 Å².